The number of hydrogen-bond acceptors (Lipinski definition) is 7. The van der Waals surface area contributed by atoms with Crippen molar-refractivity contribution in [3.63, 3.8) is 0 Å². The smallest absolute Gasteiger partial charge is 0.357 e. The summed E-state index contributed by atoms with van der Waals surface area (Å²) in [4.78, 5) is 12.3. The monoisotopic (exact) mass is 421 g/mol. The molecule has 7 nitrogen and oxygen atoms in total. The first-order valence-electron chi connectivity index (χ1n) is 8.26. The summed E-state index contributed by atoms with van der Waals surface area (Å²) < 4.78 is 38.6. The zero-order valence-electron chi connectivity index (χ0n) is 15.0. The summed E-state index contributed by atoms with van der Waals surface area (Å²) in [5.41, 5.74) is 2.86. The molecule has 0 saturated heterocycles. The quantitative estimate of drug-likeness (QED) is 0.392. The maximum Gasteiger partial charge on any atom is 0.416 e. The number of benzene rings is 2. The van der Waals surface area contributed by atoms with E-state index in [4.69, 9.17) is 11.6 Å². The van der Waals surface area contributed by atoms with E-state index in [9.17, 15) is 13.2 Å². The summed E-state index contributed by atoms with van der Waals surface area (Å²) in [5, 5.41) is 10.1. The van der Waals surface area contributed by atoms with E-state index in [0.29, 0.717) is 5.02 Å². The van der Waals surface area contributed by atoms with E-state index in [0.717, 1.165) is 17.7 Å². The Morgan fingerprint density at radius 3 is 2.34 bits per heavy atom. The molecule has 2 aromatic carbocycles. The molecule has 11 heteroatoms. The highest BCUT2D eigenvalue weighted by molar-refractivity contribution is 6.30. The minimum absolute atomic E-state index is 0.0490. The normalized spacial score (nSPS) is 11.5. The summed E-state index contributed by atoms with van der Waals surface area (Å²) in [6, 6.07) is 11.7. The molecule has 1 aromatic heterocycles. The third-order valence-electron chi connectivity index (χ3n) is 3.55. The molecule has 0 atom stereocenters. The number of hydrazone groups is 1. The molecule has 3 N–H and O–H groups in total. The van der Waals surface area contributed by atoms with Gasteiger partial charge in [0.05, 0.1) is 11.8 Å². The van der Waals surface area contributed by atoms with E-state index < -0.39 is 11.7 Å². The van der Waals surface area contributed by atoms with Crippen molar-refractivity contribution in [2.45, 2.75) is 6.18 Å². The van der Waals surface area contributed by atoms with E-state index in [-0.39, 0.29) is 23.5 Å². The molecule has 0 aliphatic rings. The molecule has 29 heavy (non-hydrogen) atoms. The minimum Gasteiger partial charge on any atom is -0.357 e. The predicted molar refractivity (Wildman–Crippen MR) is 107 cm³/mol. The minimum atomic E-state index is -4.45. The molecule has 0 unspecified atom stereocenters. The van der Waals surface area contributed by atoms with Crippen LogP contribution >= 0.6 is 11.6 Å². The van der Waals surface area contributed by atoms with E-state index in [1.807, 2.05) is 0 Å². The second-order valence-electron chi connectivity index (χ2n) is 5.68. The fourth-order valence-corrected chi connectivity index (χ4v) is 2.34. The fourth-order valence-electron chi connectivity index (χ4n) is 2.21. The molecule has 150 valence electrons. The second kappa shape index (κ2) is 8.74. The Morgan fingerprint density at radius 1 is 0.966 bits per heavy atom. The first kappa shape index (κ1) is 20.3. The molecule has 0 aliphatic carbocycles. The zero-order valence-corrected chi connectivity index (χ0v) is 15.8. The van der Waals surface area contributed by atoms with Crippen molar-refractivity contribution in [1.29, 1.82) is 0 Å². The molecule has 0 bridgehead atoms. The average molecular weight is 422 g/mol. The van der Waals surface area contributed by atoms with Crippen LogP contribution in [0.15, 0.2) is 53.6 Å². The summed E-state index contributed by atoms with van der Waals surface area (Å²) >= 11 is 5.83. The average Bonchev–Trinajstić information content (AvgIpc) is 2.69. The maximum absolute atomic E-state index is 12.9. The van der Waals surface area contributed by atoms with Crippen molar-refractivity contribution in [2.24, 2.45) is 5.10 Å². The number of aromatic nitrogens is 3. The Hall–Kier alpha value is -3.40. The van der Waals surface area contributed by atoms with E-state index in [1.54, 1.807) is 37.5 Å². The lowest BCUT2D eigenvalue weighted by molar-refractivity contribution is -0.137. The third kappa shape index (κ3) is 5.79. The number of rotatable bonds is 6. The molecule has 0 amide bonds. The predicted octanol–water partition coefficient (Wildman–Crippen LogP) is 4.78. The van der Waals surface area contributed by atoms with Gasteiger partial charge in [0.15, 0.2) is 0 Å². The van der Waals surface area contributed by atoms with Gasteiger partial charge in [0.1, 0.15) is 0 Å². The number of halogens is 4. The van der Waals surface area contributed by atoms with Crippen LogP contribution in [0, 0.1) is 0 Å². The Kier molecular flexibility index (Phi) is 6.13. The summed E-state index contributed by atoms with van der Waals surface area (Å²) in [7, 11) is 1.60. The fraction of sp³-hybridized carbons (Fsp3) is 0.111. The Balaban J connectivity index is 1.77. The SMILES string of the molecule is CNc1nc(N/N=C\c2ccc(Cl)cc2)nc(Nc2cccc(C(F)(F)F)c2)n1. The van der Waals surface area contributed by atoms with Gasteiger partial charge in [-0.1, -0.05) is 29.8 Å². The first-order chi connectivity index (χ1) is 13.8. The topological polar surface area (TPSA) is 87.1 Å². The summed E-state index contributed by atoms with van der Waals surface area (Å²) in [6.07, 6.45) is -2.91. The number of alkyl halides is 3. The highest BCUT2D eigenvalue weighted by Gasteiger charge is 2.30. The molecule has 0 saturated carbocycles. The molecule has 0 aliphatic heterocycles. The Morgan fingerprint density at radius 2 is 1.66 bits per heavy atom. The standard InChI is InChI=1S/C18H15ClF3N7/c1-23-15-26-16(25-14-4-2-3-12(9-14)18(20,21)22)28-17(27-15)29-24-10-11-5-7-13(19)8-6-11/h2-10H,1H3,(H3,23,25,26,27,28,29)/b24-10-. The lowest BCUT2D eigenvalue weighted by atomic mass is 10.2. The second-order valence-corrected chi connectivity index (χ2v) is 6.12. The van der Waals surface area contributed by atoms with Gasteiger partial charge in [0.2, 0.25) is 17.8 Å². The van der Waals surface area contributed by atoms with Crippen LogP contribution in [0.2, 0.25) is 5.02 Å². The van der Waals surface area contributed by atoms with E-state index in [1.165, 1.54) is 12.1 Å². The highest BCUT2D eigenvalue weighted by Crippen LogP contribution is 2.31. The van der Waals surface area contributed by atoms with Crippen LogP contribution in [0.1, 0.15) is 11.1 Å². The first-order valence-corrected chi connectivity index (χ1v) is 8.64. The van der Waals surface area contributed by atoms with Crippen LogP contribution in [0.4, 0.5) is 36.7 Å². The van der Waals surface area contributed by atoms with Gasteiger partial charge < -0.3 is 10.6 Å². The van der Waals surface area contributed by atoms with Crippen LogP contribution in [0.3, 0.4) is 0 Å². The van der Waals surface area contributed by atoms with Crippen LogP contribution < -0.4 is 16.1 Å². The van der Waals surface area contributed by atoms with Crippen LogP contribution in [0.5, 0.6) is 0 Å². The summed E-state index contributed by atoms with van der Waals surface area (Å²) in [6.45, 7) is 0. The van der Waals surface area contributed by atoms with Crippen molar-refractivity contribution < 1.29 is 13.2 Å². The van der Waals surface area contributed by atoms with E-state index >= 15 is 0 Å². The molecule has 0 fully saturated rings. The molecular formula is C18H15ClF3N7. The van der Waals surface area contributed by atoms with Gasteiger partial charge in [-0.3, -0.25) is 0 Å². The van der Waals surface area contributed by atoms with Crippen molar-refractivity contribution in [3.8, 4) is 0 Å². The van der Waals surface area contributed by atoms with Gasteiger partial charge in [-0.05, 0) is 35.9 Å². The lowest BCUT2D eigenvalue weighted by Crippen LogP contribution is -2.08. The Labute approximate surface area is 169 Å². The molecule has 3 rings (SSSR count). The van der Waals surface area contributed by atoms with Gasteiger partial charge in [0, 0.05) is 17.8 Å². The van der Waals surface area contributed by atoms with Gasteiger partial charge in [-0.2, -0.15) is 33.2 Å². The van der Waals surface area contributed by atoms with Crippen LogP contribution in [0.25, 0.3) is 0 Å². The number of nitrogens with one attached hydrogen (secondary N) is 3. The van der Waals surface area contributed by atoms with Crippen molar-refractivity contribution in [3.05, 3.63) is 64.7 Å². The summed E-state index contributed by atoms with van der Waals surface area (Å²) in [5.74, 6) is 0.357. The molecule has 0 spiro atoms. The third-order valence-corrected chi connectivity index (χ3v) is 3.81. The number of hydrogen-bond donors (Lipinski definition) is 3. The van der Waals surface area contributed by atoms with Crippen molar-refractivity contribution in [1.82, 2.24) is 15.0 Å². The largest absolute Gasteiger partial charge is 0.416 e. The van der Waals surface area contributed by atoms with Crippen molar-refractivity contribution >= 4 is 41.3 Å². The van der Waals surface area contributed by atoms with Gasteiger partial charge >= 0.3 is 6.18 Å². The zero-order chi connectivity index (χ0) is 20.9. The number of nitrogens with zero attached hydrogens (tertiary/aromatic N) is 4. The van der Waals surface area contributed by atoms with E-state index in [2.05, 4.69) is 36.1 Å². The molecular weight excluding hydrogens is 407 g/mol. The number of anilines is 4. The molecule has 0 radical (unpaired) electrons. The van der Waals surface area contributed by atoms with Gasteiger partial charge in [0.25, 0.3) is 0 Å². The molecule has 1 heterocycles. The van der Waals surface area contributed by atoms with Gasteiger partial charge in [-0.15, -0.1) is 0 Å². The van der Waals surface area contributed by atoms with Crippen LogP contribution in [-0.2, 0) is 6.18 Å². The lowest BCUT2D eigenvalue weighted by Gasteiger charge is -2.11. The van der Waals surface area contributed by atoms with Crippen molar-refractivity contribution in [2.75, 3.05) is 23.1 Å². The Bertz CT molecular complexity index is 1010. The molecule has 3 aromatic rings. The highest BCUT2D eigenvalue weighted by atomic mass is 35.5. The van der Waals surface area contributed by atoms with Crippen LogP contribution in [-0.4, -0.2) is 28.2 Å². The maximum atomic E-state index is 12.9. The van der Waals surface area contributed by atoms with Gasteiger partial charge in [-0.25, -0.2) is 5.43 Å².